The quantitative estimate of drug-likeness (QED) is 0.513. The van der Waals surface area contributed by atoms with Crippen molar-refractivity contribution in [1.29, 1.82) is 0 Å². The maximum atomic E-state index is 12.7. The fourth-order valence-corrected chi connectivity index (χ4v) is 4.03. The van der Waals surface area contributed by atoms with Crippen LogP contribution < -0.4 is 9.47 Å². The van der Waals surface area contributed by atoms with Gasteiger partial charge in [-0.25, -0.2) is 0 Å². The molecule has 1 saturated heterocycles. The third kappa shape index (κ3) is 5.25. The van der Waals surface area contributed by atoms with Crippen molar-refractivity contribution in [3.05, 3.63) is 64.1 Å². The van der Waals surface area contributed by atoms with Gasteiger partial charge in [0.2, 0.25) is 0 Å². The third-order valence-electron chi connectivity index (χ3n) is 4.73. The van der Waals surface area contributed by atoms with Crippen molar-refractivity contribution in [3.63, 3.8) is 0 Å². The standard InChI is InChI=1S/C24H27NO4S/c1-5-28-19-9-7-18(8-10-19)15-22-23(26)25(24(27)30-22)12-13-29-21-14-17(4)6-11-20(21)16(2)3/h6-11,14-16H,5,12-13H2,1-4H3/b22-15-. The first-order valence-electron chi connectivity index (χ1n) is 10.1. The van der Waals surface area contributed by atoms with Gasteiger partial charge in [0.05, 0.1) is 18.1 Å². The summed E-state index contributed by atoms with van der Waals surface area (Å²) in [6.07, 6.45) is 1.74. The first-order chi connectivity index (χ1) is 14.4. The van der Waals surface area contributed by atoms with Crippen LogP contribution in [0.2, 0.25) is 0 Å². The van der Waals surface area contributed by atoms with Crippen molar-refractivity contribution in [2.45, 2.75) is 33.6 Å². The largest absolute Gasteiger partial charge is 0.494 e. The Morgan fingerprint density at radius 2 is 1.80 bits per heavy atom. The molecule has 30 heavy (non-hydrogen) atoms. The normalized spacial score (nSPS) is 15.4. The number of carbonyl (C=O) groups excluding carboxylic acids is 2. The van der Waals surface area contributed by atoms with Crippen LogP contribution in [0.15, 0.2) is 47.4 Å². The van der Waals surface area contributed by atoms with E-state index >= 15 is 0 Å². The first kappa shape index (κ1) is 22.0. The van der Waals surface area contributed by atoms with E-state index in [2.05, 4.69) is 26.0 Å². The van der Waals surface area contributed by atoms with Gasteiger partial charge in [-0.1, -0.05) is 38.1 Å². The molecule has 0 atom stereocenters. The Labute approximate surface area is 182 Å². The van der Waals surface area contributed by atoms with E-state index in [0.717, 1.165) is 40.0 Å². The molecule has 3 rings (SSSR count). The Balaban J connectivity index is 1.64. The fraction of sp³-hybridized carbons (Fsp3) is 0.333. The number of ether oxygens (including phenoxy) is 2. The van der Waals surface area contributed by atoms with Gasteiger partial charge >= 0.3 is 0 Å². The molecule has 0 aromatic heterocycles. The second-order valence-corrected chi connectivity index (χ2v) is 8.37. The van der Waals surface area contributed by atoms with Gasteiger partial charge < -0.3 is 9.47 Å². The molecular weight excluding hydrogens is 398 g/mol. The molecule has 1 heterocycles. The summed E-state index contributed by atoms with van der Waals surface area (Å²) in [5, 5.41) is -0.269. The summed E-state index contributed by atoms with van der Waals surface area (Å²) in [7, 11) is 0. The summed E-state index contributed by atoms with van der Waals surface area (Å²) in [4.78, 5) is 26.7. The lowest BCUT2D eigenvalue weighted by Gasteiger charge is -2.17. The molecule has 1 aliphatic heterocycles. The van der Waals surface area contributed by atoms with Crippen molar-refractivity contribution < 1.29 is 19.1 Å². The van der Waals surface area contributed by atoms with Crippen LogP contribution >= 0.6 is 11.8 Å². The molecule has 2 aromatic carbocycles. The molecular formula is C24H27NO4S. The molecule has 2 aromatic rings. The van der Waals surface area contributed by atoms with Gasteiger partial charge in [0.15, 0.2) is 0 Å². The molecule has 0 spiro atoms. The molecule has 1 fully saturated rings. The summed E-state index contributed by atoms with van der Waals surface area (Å²) < 4.78 is 11.4. The molecule has 2 amide bonds. The highest BCUT2D eigenvalue weighted by Gasteiger charge is 2.34. The Morgan fingerprint density at radius 3 is 2.47 bits per heavy atom. The average Bonchev–Trinajstić information content (AvgIpc) is 2.97. The van der Waals surface area contributed by atoms with Crippen LogP contribution in [-0.2, 0) is 4.79 Å². The number of hydrogen-bond acceptors (Lipinski definition) is 5. The van der Waals surface area contributed by atoms with Crippen molar-refractivity contribution in [1.82, 2.24) is 4.90 Å². The van der Waals surface area contributed by atoms with Gasteiger partial charge in [0.25, 0.3) is 11.1 Å². The fourth-order valence-electron chi connectivity index (χ4n) is 3.16. The van der Waals surface area contributed by atoms with Gasteiger partial charge in [-0.3, -0.25) is 14.5 Å². The van der Waals surface area contributed by atoms with Crippen molar-refractivity contribution in [2.75, 3.05) is 19.8 Å². The zero-order chi connectivity index (χ0) is 21.7. The van der Waals surface area contributed by atoms with Crippen LogP contribution in [0.1, 0.15) is 43.4 Å². The summed E-state index contributed by atoms with van der Waals surface area (Å²) in [5.74, 6) is 1.63. The number of thioether (sulfide) groups is 1. The van der Waals surface area contributed by atoms with Crippen LogP contribution in [0.5, 0.6) is 11.5 Å². The van der Waals surface area contributed by atoms with Gasteiger partial charge in [-0.2, -0.15) is 0 Å². The highest BCUT2D eigenvalue weighted by atomic mass is 32.2. The Kier molecular flexibility index (Phi) is 7.21. The van der Waals surface area contributed by atoms with E-state index in [1.54, 1.807) is 6.08 Å². The summed E-state index contributed by atoms with van der Waals surface area (Å²) >= 11 is 0.960. The van der Waals surface area contributed by atoms with Crippen molar-refractivity contribution in [3.8, 4) is 11.5 Å². The van der Waals surface area contributed by atoms with E-state index in [0.29, 0.717) is 17.4 Å². The van der Waals surface area contributed by atoms with Crippen molar-refractivity contribution >= 4 is 29.0 Å². The Hall–Kier alpha value is -2.73. The van der Waals surface area contributed by atoms with E-state index in [4.69, 9.17) is 9.47 Å². The average molecular weight is 426 g/mol. The Morgan fingerprint density at radius 1 is 1.07 bits per heavy atom. The maximum absolute atomic E-state index is 12.7. The summed E-state index contributed by atoms with van der Waals surface area (Å²) in [6, 6.07) is 13.6. The SMILES string of the molecule is CCOc1ccc(/C=C2\SC(=O)N(CCOc3cc(C)ccc3C(C)C)C2=O)cc1. The third-order valence-corrected chi connectivity index (χ3v) is 5.63. The van der Waals surface area contributed by atoms with E-state index in [1.807, 2.05) is 44.2 Å². The highest BCUT2D eigenvalue weighted by Crippen LogP contribution is 2.33. The van der Waals surface area contributed by atoms with Crippen LogP contribution in [0.4, 0.5) is 4.79 Å². The minimum Gasteiger partial charge on any atom is -0.494 e. The lowest BCUT2D eigenvalue weighted by atomic mass is 10.0. The predicted molar refractivity (Wildman–Crippen MR) is 121 cm³/mol. The first-order valence-corrected chi connectivity index (χ1v) is 10.9. The molecule has 0 unspecified atom stereocenters. The van der Waals surface area contributed by atoms with Crippen LogP contribution in [0.25, 0.3) is 6.08 Å². The van der Waals surface area contributed by atoms with Gasteiger partial charge in [0, 0.05) is 0 Å². The lowest BCUT2D eigenvalue weighted by Crippen LogP contribution is -2.32. The molecule has 0 aliphatic carbocycles. The van der Waals surface area contributed by atoms with E-state index in [-0.39, 0.29) is 24.3 Å². The van der Waals surface area contributed by atoms with Gasteiger partial charge in [-0.15, -0.1) is 0 Å². The van der Waals surface area contributed by atoms with Gasteiger partial charge in [-0.05, 0) is 72.5 Å². The smallest absolute Gasteiger partial charge is 0.293 e. The van der Waals surface area contributed by atoms with Gasteiger partial charge in [0.1, 0.15) is 18.1 Å². The molecule has 6 heteroatoms. The molecule has 5 nitrogen and oxygen atoms in total. The van der Waals surface area contributed by atoms with E-state index < -0.39 is 0 Å². The molecule has 1 aliphatic rings. The number of nitrogens with zero attached hydrogens (tertiary/aromatic N) is 1. The van der Waals surface area contributed by atoms with Crippen LogP contribution in [0.3, 0.4) is 0 Å². The number of hydrogen-bond donors (Lipinski definition) is 0. The molecule has 0 N–H and O–H groups in total. The molecule has 0 saturated carbocycles. The minimum atomic E-state index is -0.282. The number of imide groups is 1. The number of benzene rings is 2. The highest BCUT2D eigenvalue weighted by molar-refractivity contribution is 8.18. The number of aryl methyl sites for hydroxylation is 1. The minimum absolute atomic E-state index is 0.219. The number of rotatable bonds is 8. The molecule has 0 bridgehead atoms. The van der Waals surface area contributed by atoms with Crippen molar-refractivity contribution in [2.24, 2.45) is 0 Å². The summed E-state index contributed by atoms with van der Waals surface area (Å²) in [6.45, 7) is 9.24. The molecule has 158 valence electrons. The van der Waals surface area contributed by atoms with E-state index in [9.17, 15) is 9.59 Å². The number of carbonyl (C=O) groups is 2. The zero-order valence-corrected chi connectivity index (χ0v) is 18.6. The topological polar surface area (TPSA) is 55.8 Å². The second-order valence-electron chi connectivity index (χ2n) is 7.38. The zero-order valence-electron chi connectivity index (χ0n) is 17.8. The van der Waals surface area contributed by atoms with Crippen LogP contribution in [-0.4, -0.2) is 35.8 Å². The van der Waals surface area contributed by atoms with E-state index in [1.165, 1.54) is 4.90 Å². The second kappa shape index (κ2) is 9.85. The predicted octanol–water partition coefficient (Wildman–Crippen LogP) is 5.63. The summed E-state index contributed by atoms with van der Waals surface area (Å²) in [5.41, 5.74) is 3.07. The monoisotopic (exact) mass is 425 g/mol. The van der Waals surface area contributed by atoms with Crippen LogP contribution in [0, 0.1) is 6.92 Å². The lowest BCUT2D eigenvalue weighted by molar-refractivity contribution is -0.123. The Bertz CT molecular complexity index is 950. The number of amides is 2. The molecule has 0 radical (unpaired) electrons. The maximum Gasteiger partial charge on any atom is 0.293 e.